The van der Waals surface area contributed by atoms with Crippen LogP contribution < -0.4 is 9.47 Å². The molecule has 0 aliphatic rings. The summed E-state index contributed by atoms with van der Waals surface area (Å²) in [5, 5.41) is 20.1. The van der Waals surface area contributed by atoms with Crippen molar-refractivity contribution in [1.29, 1.82) is 0 Å². The molecule has 0 aliphatic heterocycles. The van der Waals surface area contributed by atoms with Gasteiger partial charge in [-0.2, -0.15) is 0 Å². The molecular formula is C22H19ClN2O6. The van der Waals surface area contributed by atoms with Crippen LogP contribution in [0.15, 0.2) is 54.9 Å². The first-order chi connectivity index (χ1) is 14.9. The summed E-state index contributed by atoms with van der Waals surface area (Å²) in [6.07, 6.45) is 3.73. The third-order valence-electron chi connectivity index (χ3n) is 4.48. The van der Waals surface area contributed by atoms with Crippen LogP contribution in [0.4, 0.5) is 0 Å². The highest BCUT2D eigenvalue weighted by Gasteiger charge is 2.28. The van der Waals surface area contributed by atoms with E-state index < -0.39 is 17.9 Å². The van der Waals surface area contributed by atoms with Gasteiger partial charge in [-0.25, -0.2) is 9.78 Å². The maximum atomic E-state index is 13.2. The molecule has 2 N–H and O–H groups in total. The van der Waals surface area contributed by atoms with Gasteiger partial charge in [0.15, 0.2) is 17.3 Å². The molecule has 0 bridgehead atoms. The maximum Gasteiger partial charge on any atom is 0.328 e. The molecule has 1 aromatic carbocycles. The third kappa shape index (κ3) is 4.60. The number of Topliss-reactive ketones (excluding diaryl/α,β-unsaturated/α-hetero) is 1. The summed E-state index contributed by atoms with van der Waals surface area (Å²) < 4.78 is 12.1. The highest BCUT2D eigenvalue weighted by atomic mass is 35.5. The number of ketones is 1. The van der Waals surface area contributed by atoms with Gasteiger partial charge in [-0.1, -0.05) is 17.7 Å². The predicted molar refractivity (Wildman–Crippen MR) is 114 cm³/mol. The lowest BCUT2D eigenvalue weighted by molar-refractivity contribution is -0.131. The Balaban J connectivity index is 2.09. The fraction of sp³-hybridized carbons (Fsp3) is 0.136. The van der Waals surface area contributed by atoms with E-state index in [0.717, 1.165) is 6.08 Å². The van der Waals surface area contributed by atoms with Gasteiger partial charge >= 0.3 is 5.97 Å². The zero-order valence-electron chi connectivity index (χ0n) is 16.7. The van der Waals surface area contributed by atoms with Crippen molar-refractivity contribution in [3.05, 3.63) is 76.7 Å². The van der Waals surface area contributed by atoms with E-state index in [0.29, 0.717) is 11.4 Å². The number of hydrogen-bond donors (Lipinski definition) is 2. The van der Waals surface area contributed by atoms with Gasteiger partial charge in [-0.15, -0.1) is 0 Å². The molecule has 0 amide bonds. The third-order valence-corrected chi connectivity index (χ3v) is 4.68. The minimum Gasteiger partial charge on any atom is -0.493 e. The zero-order chi connectivity index (χ0) is 22.5. The first-order valence-electron chi connectivity index (χ1n) is 9.04. The van der Waals surface area contributed by atoms with Crippen LogP contribution in [-0.4, -0.2) is 45.7 Å². The molecule has 2 aromatic heterocycles. The summed E-state index contributed by atoms with van der Waals surface area (Å²) in [5.74, 6) is -0.997. The number of aliphatic carboxylic acids is 1. The second-order valence-corrected chi connectivity index (χ2v) is 6.79. The monoisotopic (exact) mass is 442 g/mol. The van der Waals surface area contributed by atoms with E-state index in [1.54, 1.807) is 35.0 Å². The van der Waals surface area contributed by atoms with Crippen LogP contribution in [0.1, 0.15) is 27.7 Å². The van der Waals surface area contributed by atoms with E-state index in [2.05, 4.69) is 4.98 Å². The number of carbonyl (C=O) groups excluding carboxylic acids is 1. The number of aromatic nitrogens is 2. The van der Waals surface area contributed by atoms with Crippen molar-refractivity contribution < 1.29 is 29.3 Å². The van der Waals surface area contributed by atoms with Crippen LogP contribution in [0.25, 0.3) is 11.9 Å². The fourth-order valence-electron chi connectivity index (χ4n) is 3.10. The van der Waals surface area contributed by atoms with Crippen molar-refractivity contribution in [2.45, 2.75) is 6.10 Å². The fourth-order valence-corrected chi connectivity index (χ4v) is 3.27. The van der Waals surface area contributed by atoms with Crippen molar-refractivity contribution in [1.82, 2.24) is 9.55 Å². The topological polar surface area (TPSA) is 111 Å². The lowest BCUT2D eigenvalue weighted by Crippen LogP contribution is -2.17. The Morgan fingerprint density at radius 1 is 1.19 bits per heavy atom. The number of pyridine rings is 1. The van der Waals surface area contributed by atoms with E-state index >= 15 is 0 Å². The molecule has 1 unspecified atom stereocenters. The maximum absolute atomic E-state index is 13.2. The molecule has 0 fully saturated rings. The van der Waals surface area contributed by atoms with Gasteiger partial charge in [0.25, 0.3) is 0 Å². The first kappa shape index (κ1) is 22.1. The van der Waals surface area contributed by atoms with Crippen LogP contribution in [0, 0.1) is 0 Å². The van der Waals surface area contributed by atoms with Crippen LogP contribution >= 0.6 is 11.6 Å². The van der Waals surface area contributed by atoms with Crippen molar-refractivity contribution in [2.75, 3.05) is 14.2 Å². The number of aliphatic hydroxyl groups is 1. The lowest BCUT2D eigenvalue weighted by Gasteiger charge is -2.18. The number of halogens is 1. The zero-order valence-corrected chi connectivity index (χ0v) is 17.4. The van der Waals surface area contributed by atoms with Crippen LogP contribution in [0.3, 0.4) is 0 Å². The molecule has 160 valence electrons. The molecule has 0 spiro atoms. The molecule has 9 heteroatoms. The SMILES string of the molecule is COc1cccc(C(=O)C(O)c2cc(Cl)cnc2-n2cccc2C=CC(=O)O)c1OC. The average Bonchev–Trinajstić information content (AvgIpc) is 3.24. The molecule has 2 heterocycles. The van der Waals surface area contributed by atoms with Gasteiger partial charge in [-0.05, 0) is 36.4 Å². The number of nitrogens with zero attached hydrogens (tertiary/aromatic N) is 2. The van der Waals surface area contributed by atoms with Gasteiger partial charge in [0.2, 0.25) is 0 Å². The number of rotatable bonds is 8. The van der Waals surface area contributed by atoms with Crippen molar-refractivity contribution in [3.8, 4) is 17.3 Å². The Morgan fingerprint density at radius 2 is 1.97 bits per heavy atom. The largest absolute Gasteiger partial charge is 0.493 e. The number of aliphatic hydroxyl groups excluding tert-OH is 1. The van der Waals surface area contributed by atoms with Crippen molar-refractivity contribution in [2.24, 2.45) is 0 Å². The second-order valence-electron chi connectivity index (χ2n) is 6.35. The van der Waals surface area contributed by atoms with E-state index in [1.165, 1.54) is 38.6 Å². The predicted octanol–water partition coefficient (Wildman–Crippen LogP) is 3.56. The van der Waals surface area contributed by atoms with Crippen LogP contribution in [-0.2, 0) is 4.79 Å². The Morgan fingerprint density at radius 3 is 2.65 bits per heavy atom. The number of ether oxygens (including phenoxy) is 2. The Hall–Kier alpha value is -3.62. The summed E-state index contributed by atoms with van der Waals surface area (Å²) in [6.45, 7) is 0. The summed E-state index contributed by atoms with van der Waals surface area (Å²) >= 11 is 6.09. The Kier molecular flexibility index (Phi) is 6.74. The van der Waals surface area contributed by atoms with E-state index in [9.17, 15) is 14.7 Å². The normalized spacial score (nSPS) is 12.0. The summed E-state index contributed by atoms with van der Waals surface area (Å²) in [4.78, 5) is 28.3. The van der Waals surface area contributed by atoms with Crippen molar-refractivity contribution >= 4 is 29.4 Å². The molecule has 0 radical (unpaired) electrons. The molecule has 0 saturated heterocycles. The number of carbonyl (C=O) groups is 2. The number of carboxylic acid groups (broad SMARTS) is 1. The Bertz CT molecular complexity index is 1150. The van der Waals surface area contributed by atoms with E-state index in [4.69, 9.17) is 26.2 Å². The first-order valence-corrected chi connectivity index (χ1v) is 9.42. The van der Waals surface area contributed by atoms with Gasteiger partial charge in [0, 0.05) is 29.7 Å². The minimum atomic E-state index is -1.62. The molecule has 3 rings (SSSR count). The number of benzene rings is 1. The van der Waals surface area contributed by atoms with Gasteiger partial charge in [-0.3, -0.25) is 4.79 Å². The standard InChI is InChI=1S/C22H19ClN2O6/c1-30-17-7-3-6-15(21(17)31-2)19(28)20(29)16-11-13(23)12-24-22(16)25-10-4-5-14(25)8-9-18(26)27/h3-12,20,29H,1-2H3,(H,26,27). The van der Waals surface area contributed by atoms with Crippen LogP contribution in [0.2, 0.25) is 5.02 Å². The highest BCUT2D eigenvalue weighted by Crippen LogP contribution is 2.35. The van der Waals surface area contributed by atoms with Gasteiger partial charge in [0.05, 0.1) is 24.8 Å². The van der Waals surface area contributed by atoms with Crippen molar-refractivity contribution in [3.63, 3.8) is 0 Å². The smallest absolute Gasteiger partial charge is 0.328 e. The second kappa shape index (κ2) is 9.46. The summed E-state index contributed by atoms with van der Waals surface area (Å²) in [5.41, 5.74) is 0.749. The van der Waals surface area contributed by atoms with Gasteiger partial charge < -0.3 is 24.3 Å². The average molecular weight is 443 g/mol. The Labute approximate surface area is 182 Å². The molecule has 0 aliphatic carbocycles. The van der Waals surface area contributed by atoms with E-state index in [1.807, 2.05) is 0 Å². The summed E-state index contributed by atoms with van der Waals surface area (Å²) in [7, 11) is 2.84. The molecule has 3 aromatic rings. The van der Waals surface area contributed by atoms with Crippen LogP contribution in [0.5, 0.6) is 11.5 Å². The number of hydrogen-bond acceptors (Lipinski definition) is 6. The van der Waals surface area contributed by atoms with Gasteiger partial charge in [0.1, 0.15) is 11.9 Å². The highest BCUT2D eigenvalue weighted by molar-refractivity contribution is 6.30. The number of carboxylic acids is 1. The lowest BCUT2D eigenvalue weighted by atomic mass is 9.99. The molecule has 0 saturated carbocycles. The van der Waals surface area contributed by atoms with E-state index in [-0.39, 0.29) is 27.7 Å². The molecule has 1 atom stereocenters. The molecule has 31 heavy (non-hydrogen) atoms. The number of para-hydroxylation sites is 1. The number of methoxy groups -OCH3 is 2. The molecular weight excluding hydrogens is 424 g/mol. The minimum absolute atomic E-state index is 0.124. The molecule has 8 nitrogen and oxygen atoms in total. The quantitative estimate of drug-likeness (QED) is 0.405. The summed E-state index contributed by atoms with van der Waals surface area (Å²) in [6, 6.07) is 9.54.